The van der Waals surface area contributed by atoms with Gasteiger partial charge in [0, 0.05) is 13.0 Å². The molecule has 0 amide bonds. The minimum Gasteiger partial charge on any atom is -0.339 e. The van der Waals surface area contributed by atoms with Crippen LogP contribution in [0.3, 0.4) is 0 Å². The van der Waals surface area contributed by atoms with Crippen LogP contribution in [0.15, 0.2) is 9.68 Å². The SMILES string of the molecule is CNCc1nnc(SCc2noc(C3CC3)n2)n1C. The number of hydrogen-bond acceptors (Lipinski definition) is 7. The van der Waals surface area contributed by atoms with E-state index in [-0.39, 0.29) is 0 Å². The third-order valence-electron chi connectivity index (χ3n) is 3.00. The van der Waals surface area contributed by atoms with Gasteiger partial charge in [-0.15, -0.1) is 10.2 Å². The average Bonchev–Trinajstić information content (AvgIpc) is 3.06. The van der Waals surface area contributed by atoms with E-state index in [1.54, 1.807) is 11.8 Å². The fourth-order valence-electron chi connectivity index (χ4n) is 1.73. The van der Waals surface area contributed by atoms with E-state index in [1.165, 1.54) is 12.8 Å². The Hall–Kier alpha value is -1.41. The van der Waals surface area contributed by atoms with Crippen molar-refractivity contribution in [2.24, 2.45) is 7.05 Å². The van der Waals surface area contributed by atoms with Crippen LogP contribution < -0.4 is 5.32 Å². The molecule has 0 aliphatic heterocycles. The highest BCUT2D eigenvalue weighted by molar-refractivity contribution is 7.98. The molecule has 0 aromatic carbocycles. The molecule has 0 radical (unpaired) electrons. The number of thioether (sulfide) groups is 1. The van der Waals surface area contributed by atoms with E-state index in [0.717, 1.165) is 22.7 Å². The molecule has 3 rings (SSSR count). The summed E-state index contributed by atoms with van der Waals surface area (Å²) >= 11 is 1.57. The second-order valence-corrected chi connectivity index (χ2v) is 5.54. The van der Waals surface area contributed by atoms with Crippen molar-refractivity contribution in [2.45, 2.75) is 36.2 Å². The van der Waals surface area contributed by atoms with Gasteiger partial charge in [0.2, 0.25) is 5.89 Å². The lowest BCUT2D eigenvalue weighted by Gasteiger charge is -2.01. The van der Waals surface area contributed by atoms with Crippen molar-refractivity contribution in [2.75, 3.05) is 7.05 Å². The monoisotopic (exact) mass is 280 g/mol. The first-order chi connectivity index (χ1) is 9.28. The molecular weight excluding hydrogens is 264 g/mol. The minimum atomic E-state index is 0.503. The largest absolute Gasteiger partial charge is 0.339 e. The van der Waals surface area contributed by atoms with E-state index in [0.29, 0.717) is 18.2 Å². The summed E-state index contributed by atoms with van der Waals surface area (Å²) in [4.78, 5) is 4.39. The molecule has 2 aromatic rings. The average molecular weight is 280 g/mol. The maximum atomic E-state index is 5.22. The first kappa shape index (κ1) is 12.6. The van der Waals surface area contributed by atoms with Crippen LogP contribution in [-0.4, -0.2) is 32.0 Å². The Morgan fingerprint density at radius 2 is 2.26 bits per heavy atom. The normalized spacial score (nSPS) is 15.1. The highest BCUT2D eigenvalue weighted by Crippen LogP contribution is 2.39. The molecule has 2 heterocycles. The van der Waals surface area contributed by atoms with Gasteiger partial charge in [0.25, 0.3) is 0 Å². The minimum absolute atomic E-state index is 0.503. The van der Waals surface area contributed by atoms with E-state index in [4.69, 9.17) is 4.52 Å². The Bertz CT molecular complexity index is 561. The van der Waals surface area contributed by atoms with E-state index in [2.05, 4.69) is 25.7 Å². The van der Waals surface area contributed by atoms with Crippen LogP contribution in [0, 0.1) is 0 Å². The summed E-state index contributed by atoms with van der Waals surface area (Å²) in [6, 6.07) is 0. The maximum Gasteiger partial charge on any atom is 0.229 e. The summed E-state index contributed by atoms with van der Waals surface area (Å²) in [5.41, 5.74) is 0. The van der Waals surface area contributed by atoms with Crippen molar-refractivity contribution in [3.05, 3.63) is 17.5 Å². The third kappa shape index (κ3) is 2.79. The van der Waals surface area contributed by atoms with Gasteiger partial charge < -0.3 is 14.4 Å². The van der Waals surface area contributed by atoms with Crippen LogP contribution in [-0.2, 0) is 19.3 Å². The fraction of sp³-hybridized carbons (Fsp3) is 0.636. The van der Waals surface area contributed by atoms with Crippen molar-refractivity contribution in [1.82, 2.24) is 30.2 Å². The molecule has 1 saturated carbocycles. The molecule has 0 unspecified atom stereocenters. The van der Waals surface area contributed by atoms with Gasteiger partial charge in [-0.2, -0.15) is 4.98 Å². The first-order valence-electron chi connectivity index (χ1n) is 6.26. The topological polar surface area (TPSA) is 81.7 Å². The van der Waals surface area contributed by atoms with Crippen molar-refractivity contribution in [1.29, 1.82) is 0 Å². The number of rotatable bonds is 6. The van der Waals surface area contributed by atoms with Crippen LogP contribution in [0.4, 0.5) is 0 Å². The molecule has 8 heteroatoms. The molecule has 0 saturated heterocycles. The van der Waals surface area contributed by atoms with Gasteiger partial charge in [0.15, 0.2) is 11.0 Å². The standard InChI is InChI=1S/C11H16N6OS/c1-12-5-9-14-15-11(17(9)2)19-6-8-13-10(18-16-8)7-3-4-7/h7,12H,3-6H2,1-2H3. The second-order valence-electron chi connectivity index (χ2n) is 4.60. The molecule has 1 fully saturated rings. The number of aromatic nitrogens is 5. The predicted octanol–water partition coefficient (Wildman–Crippen LogP) is 1.09. The molecule has 1 aliphatic carbocycles. The molecule has 7 nitrogen and oxygen atoms in total. The zero-order valence-corrected chi connectivity index (χ0v) is 11.8. The molecule has 19 heavy (non-hydrogen) atoms. The predicted molar refractivity (Wildman–Crippen MR) is 69.6 cm³/mol. The lowest BCUT2D eigenvalue weighted by molar-refractivity contribution is 0.375. The van der Waals surface area contributed by atoms with Gasteiger partial charge in [0.1, 0.15) is 5.82 Å². The van der Waals surface area contributed by atoms with Gasteiger partial charge in [0.05, 0.1) is 12.3 Å². The third-order valence-corrected chi connectivity index (χ3v) is 4.02. The molecule has 0 bridgehead atoms. The zero-order valence-electron chi connectivity index (χ0n) is 11.0. The first-order valence-corrected chi connectivity index (χ1v) is 7.24. The summed E-state index contributed by atoms with van der Waals surface area (Å²) in [6.07, 6.45) is 2.34. The Morgan fingerprint density at radius 1 is 1.42 bits per heavy atom. The fourth-order valence-corrected chi connectivity index (χ4v) is 2.51. The molecule has 1 aliphatic rings. The van der Waals surface area contributed by atoms with Gasteiger partial charge in [-0.25, -0.2) is 0 Å². The molecule has 0 spiro atoms. The summed E-state index contributed by atoms with van der Waals surface area (Å²) in [7, 11) is 3.85. The van der Waals surface area contributed by atoms with Gasteiger partial charge >= 0.3 is 0 Å². The number of nitrogens with one attached hydrogen (secondary N) is 1. The molecule has 1 N–H and O–H groups in total. The van der Waals surface area contributed by atoms with Crippen molar-refractivity contribution in [3.8, 4) is 0 Å². The van der Waals surface area contributed by atoms with E-state index in [9.17, 15) is 0 Å². The number of hydrogen-bond donors (Lipinski definition) is 1. The second kappa shape index (κ2) is 5.30. The summed E-state index contributed by atoms with van der Waals surface area (Å²) in [5, 5.41) is 16.2. The van der Waals surface area contributed by atoms with Crippen molar-refractivity contribution < 1.29 is 4.52 Å². The summed E-state index contributed by atoms with van der Waals surface area (Å²) in [6.45, 7) is 0.706. The van der Waals surface area contributed by atoms with Crippen LogP contribution >= 0.6 is 11.8 Å². The molecule has 102 valence electrons. The molecule has 0 atom stereocenters. The maximum absolute atomic E-state index is 5.22. The quantitative estimate of drug-likeness (QED) is 0.793. The Kier molecular flexibility index (Phi) is 3.52. The van der Waals surface area contributed by atoms with Gasteiger partial charge in [-0.3, -0.25) is 0 Å². The van der Waals surface area contributed by atoms with E-state index >= 15 is 0 Å². The zero-order chi connectivity index (χ0) is 13.2. The van der Waals surface area contributed by atoms with Crippen LogP contribution in [0.5, 0.6) is 0 Å². The smallest absolute Gasteiger partial charge is 0.229 e. The van der Waals surface area contributed by atoms with E-state index < -0.39 is 0 Å². The van der Waals surface area contributed by atoms with Gasteiger partial charge in [-0.1, -0.05) is 16.9 Å². The molecular formula is C11H16N6OS. The lowest BCUT2D eigenvalue weighted by Crippen LogP contribution is -2.10. The highest BCUT2D eigenvalue weighted by atomic mass is 32.2. The number of nitrogens with zero attached hydrogens (tertiary/aromatic N) is 5. The lowest BCUT2D eigenvalue weighted by atomic mass is 10.4. The van der Waals surface area contributed by atoms with Gasteiger partial charge in [-0.05, 0) is 19.9 Å². The van der Waals surface area contributed by atoms with E-state index in [1.807, 2.05) is 18.7 Å². The van der Waals surface area contributed by atoms with Crippen LogP contribution in [0.2, 0.25) is 0 Å². The Morgan fingerprint density at radius 3 is 3.00 bits per heavy atom. The summed E-state index contributed by atoms with van der Waals surface area (Å²) < 4.78 is 7.20. The van der Waals surface area contributed by atoms with Crippen LogP contribution in [0.1, 0.15) is 36.3 Å². The highest BCUT2D eigenvalue weighted by Gasteiger charge is 2.29. The Labute approximate surface area is 115 Å². The molecule has 2 aromatic heterocycles. The summed E-state index contributed by atoms with van der Waals surface area (Å²) in [5.74, 6) is 3.58. The van der Waals surface area contributed by atoms with Crippen molar-refractivity contribution in [3.63, 3.8) is 0 Å². The van der Waals surface area contributed by atoms with Crippen molar-refractivity contribution >= 4 is 11.8 Å². The Balaban J connectivity index is 1.61. The van der Waals surface area contributed by atoms with Crippen LogP contribution in [0.25, 0.3) is 0 Å².